The van der Waals surface area contributed by atoms with Crippen molar-refractivity contribution in [3.05, 3.63) is 47.9 Å². The van der Waals surface area contributed by atoms with Gasteiger partial charge >= 0.3 is 0 Å². The van der Waals surface area contributed by atoms with Gasteiger partial charge in [0.25, 0.3) is 0 Å². The highest BCUT2D eigenvalue weighted by Gasteiger charge is 2.36. The summed E-state index contributed by atoms with van der Waals surface area (Å²) in [6.45, 7) is 5.84. The average Bonchev–Trinajstić information content (AvgIpc) is 3.05. The number of benzene rings is 1. The van der Waals surface area contributed by atoms with E-state index in [4.69, 9.17) is 9.15 Å². The van der Waals surface area contributed by atoms with Crippen molar-refractivity contribution in [3.8, 4) is 5.75 Å². The predicted molar refractivity (Wildman–Crippen MR) is 84.8 cm³/mol. The first-order valence-corrected chi connectivity index (χ1v) is 7.81. The third-order valence-electron chi connectivity index (χ3n) is 3.93. The molecule has 3 nitrogen and oxygen atoms in total. The van der Waals surface area contributed by atoms with Crippen LogP contribution in [0.15, 0.2) is 40.8 Å². The number of hydrogen-bond acceptors (Lipinski definition) is 3. The van der Waals surface area contributed by atoms with Gasteiger partial charge in [-0.2, -0.15) is 0 Å². The van der Waals surface area contributed by atoms with E-state index in [0.717, 1.165) is 41.9 Å². The molecule has 1 N–H and O–H groups in total. The van der Waals surface area contributed by atoms with Crippen molar-refractivity contribution in [3.63, 3.8) is 0 Å². The minimum atomic E-state index is 0.643. The minimum absolute atomic E-state index is 0.643. The highest BCUT2D eigenvalue weighted by molar-refractivity contribution is 5.48. The topological polar surface area (TPSA) is 34.4 Å². The summed E-state index contributed by atoms with van der Waals surface area (Å²) in [5.41, 5.74) is 1.06. The summed E-state index contributed by atoms with van der Waals surface area (Å²) in [5, 5.41) is 3.39. The lowest BCUT2D eigenvalue weighted by Crippen LogP contribution is -1.99. The van der Waals surface area contributed by atoms with E-state index in [9.17, 15) is 0 Å². The Bertz CT molecular complexity index is 590. The van der Waals surface area contributed by atoms with Crippen LogP contribution in [0.2, 0.25) is 0 Å². The molecule has 0 spiro atoms. The average molecular weight is 285 g/mol. The molecular formula is C18H23NO2. The molecule has 21 heavy (non-hydrogen) atoms. The van der Waals surface area contributed by atoms with Gasteiger partial charge in [0.15, 0.2) is 0 Å². The van der Waals surface area contributed by atoms with E-state index in [1.54, 1.807) is 0 Å². The van der Waals surface area contributed by atoms with E-state index in [0.29, 0.717) is 12.5 Å². The molecule has 0 saturated heterocycles. The first-order chi connectivity index (χ1) is 10.3. The number of hydrogen-bond donors (Lipinski definition) is 1. The Morgan fingerprint density at radius 1 is 1.29 bits per heavy atom. The van der Waals surface area contributed by atoms with E-state index in [-0.39, 0.29) is 0 Å². The molecule has 1 aliphatic rings. The number of anilines is 1. The van der Waals surface area contributed by atoms with Gasteiger partial charge in [0.2, 0.25) is 0 Å². The summed E-state index contributed by atoms with van der Waals surface area (Å²) in [6, 6.07) is 12.3. The molecule has 0 radical (unpaired) electrons. The summed E-state index contributed by atoms with van der Waals surface area (Å²) < 4.78 is 11.5. The SMILES string of the molecule is CCCOc1cccc(NCc2ccc(C3CC3C)o2)c1. The van der Waals surface area contributed by atoms with Crippen molar-refractivity contribution in [2.75, 3.05) is 11.9 Å². The van der Waals surface area contributed by atoms with Crippen LogP contribution >= 0.6 is 0 Å². The Kier molecular flexibility index (Phi) is 4.18. The molecule has 0 amide bonds. The molecule has 112 valence electrons. The smallest absolute Gasteiger partial charge is 0.123 e. The second-order valence-electron chi connectivity index (χ2n) is 5.85. The molecular weight excluding hydrogens is 262 g/mol. The van der Waals surface area contributed by atoms with Crippen molar-refractivity contribution >= 4 is 5.69 Å². The van der Waals surface area contributed by atoms with Crippen molar-refractivity contribution < 1.29 is 9.15 Å². The van der Waals surface area contributed by atoms with Crippen molar-refractivity contribution in [2.24, 2.45) is 5.92 Å². The van der Waals surface area contributed by atoms with Gasteiger partial charge in [-0.05, 0) is 43.0 Å². The number of ether oxygens (including phenoxy) is 1. The highest BCUT2D eigenvalue weighted by Crippen LogP contribution is 2.47. The standard InChI is InChI=1S/C18H23NO2/c1-3-9-20-15-6-4-5-14(11-15)19-12-16-7-8-18(21-16)17-10-13(17)2/h4-8,11,13,17,19H,3,9-10,12H2,1-2H3. The lowest BCUT2D eigenvalue weighted by atomic mass is 10.3. The Hall–Kier alpha value is -1.90. The van der Waals surface area contributed by atoms with Crippen LogP contribution in [0.3, 0.4) is 0 Å². The highest BCUT2D eigenvalue weighted by atomic mass is 16.5. The molecule has 3 heteroatoms. The first kappa shape index (κ1) is 14.1. The van der Waals surface area contributed by atoms with Gasteiger partial charge in [-0.1, -0.05) is 19.9 Å². The number of rotatable bonds is 7. The summed E-state index contributed by atoms with van der Waals surface area (Å²) in [5.74, 6) is 4.46. The van der Waals surface area contributed by atoms with Gasteiger partial charge in [-0.15, -0.1) is 0 Å². The zero-order valence-electron chi connectivity index (χ0n) is 12.8. The maximum absolute atomic E-state index is 5.90. The van der Waals surface area contributed by atoms with E-state index in [1.165, 1.54) is 6.42 Å². The number of furan rings is 1. The monoisotopic (exact) mass is 285 g/mol. The third-order valence-corrected chi connectivity index (χ3v) is 3.93. The molecule has 0 aliphatic heterocycles. The van der Waals surface area contributed by atoms with Crippen LogP contribution in [-0.4, -0.2) is 6.61 Å². The largest absolute Gasteiger partial charge is 0.494 e. The van der Waals surface area contributed by atoms with Crippen molar-refractivity contribution in [1.29, 1.82) is 0 Å². The predicted octanol–water partition coefficient (Wildman–Crippen LogP) is 4.80. The van der Waals surface area contributed by atoms with Gasteiger partial charge in [0, 0.05) is 17.7 Å². The molecule has 2 atom stereocenters. The van der Waals surface area contributed by atoms with Gasteiger partial charge in [0.05, 0.1) is 13.2 Å². The normalized spacial score (nSPS) is 20.3. The summed E-state index contributed by atoms with van der Waals surface area (Å²) in [4.78, 5) is 0. The second-order valence-corrected chi connectivity index (χ2v) is 5.85. The summed E-state index contributed by atoms with van der Waals surface area (Å²) in [6.07, 6.45) is 2.28. The fourth-order valence-corrected chi connectivity index (χ4v) is 2.51. The van der Waals surface area contributed by atoms with Crippen LogP contribution in [0.25, 0.3) is 0 Å². The molecule has 1 aromatic carbocycles. The Labute approximate surface area is 126 Å². The van der Waals surface area contributed by atoms with Crippen LogP contribution in [0.1, 0.15) is 44.1 Å². The van der Waals surface area contributed by atoms with Crippen LogP contribution < -0.4 is 10.1 Å². The molecule has 2 unspecified atom stereocenters. The fraction of sp³-hybridized carbons (Fsp3) is 0.444. The second kappa shape index (κ2) is 6.25. The molecule has 1 fully saturated rings. The first-order valence-electron chi connectivity index (χ1n) is 7.81. The Morgan fingerprint density at radius 2 is 2.14 bits per heavy atom. The van der Waals surface area contributed by atoms with Crippen molar-refractivity contribution in [2.45, 2.75) is 39.2 Å². The van der Waals surface area contributed by atoms with E-state index < -0.39 is 0 Å². The molecule has 1 heterocycles. The quantitative estimate of drug-likeness (QED) is 0.793. The van der Waals surface area contributed by atoms with Crippen LogP contribution in [0.5, 0.6) is 5.75 Å². The Balaban J connectivity index is 1.55. The minimum Gasteiger partial charge on any atom is -0.494 e. The van der Waals surface area contributed by atoms with E-state index in [1.807, 2.05) is 24.3 Å². The lowest BCUT2D eigenvalue weighted by molar-refractivity contribution is 0.317. The van der Waals surface area contributed by atoms with E-state index in [2.05, 4.69) is 31.3 Å². The molecule has 2 aromatic rings. The van der Waals surface area contributed by atoms with Gasteiger partial charge in [0.1, 0.15) is 17.3 Å². The van der Waals surface area contributed by atoms with Gasteiger partial charge in [-0.25, -0.2) is 0 Å². The summed E-state index contributed by atoms with van der Waals surface area (Å²) in [7, 11) is 0. The van der Waals surface area contributed by atoms with E-state index >= 15 is 0 Å². The van der Waals surface area contributed by atoms with Gasteiger partial charge < -0.3 is 14.5 Å². The van der Waals surface area contributed by atoms with Crippen LogP contribution in [-0.2, 0) is 6.54 Å². The zero-order valence-corrected chi connectivity index (χ0v) is 12.8. The lowest BCUT2D eigenvalue weighted by Gasteiger charge is -2.08. The molecule has 1 aromatic heterocycles. The maximum Gasteiger partial charge on any atom is 0.123 e. The molecule has 1 saturated carbocycles. The van der Waals surface area contributed by atoms with Gasteiger partial charge in [-0.3, -0.25) is 0 Å². The maximum atomic E-state index is 5.90. The zero-order chi connectivity index (χ0) is 14.7. The van der Waals surface area contributed by atoms with Crippen LogP contribution in [0.4, 0.5) is 5.69 Å². The fourth-order valence-electron chi connectivity index (χ4n) is 2.51. The molecule has 1 aliphatic carbocycles. The van der Waals surface area contributed by atoms with Crippen LogP contribution in [0, 0.1) is 5.92 Å². The number of nitrogens with one attached hydrogen (secondary N) is 1. The van der Waals surface area contributed by atoms with Crippen molar-refractivity contribution in [1.82, 2.24) is 0 Å². The Morgan fingerprint density at radius 3 is 2.90 bits per heavy atom. The third kappa shape index (κ3) is 3.60. The summed E-state index contributed by atoms with van der Waals surface area (Å²) >= 11 is 0. The molecule has 0 bridgehead atoms. The molecule has 3 rings (SSSR count).